The molecule has 0 bridgehead atoms. The molecule has 0 aliphatic carbocycles. The predicted octanol–water partition coefficient (Wildman–Crippen LogP) is 6.36. The van der Waals surface area contributed by atoms with E-state index >= 15 is 0 Å². The highest BCUT2D eigenvalue weighted by molar-refractivity contribution is 6.01. The molecule has 0 saturated heterocycles. The minimum absolute atomic E-state index is 0.289. The Labute approximate surface area is 196 Å². The van der Waals surface area contributed by atoms with E-state index in [4.69, 9.17) is 4.74 Å². The molecular formula is C26H27F3N2O3. The fourth-order valence-electron chi connectivity index (χ4n) is 3.77. The number of unbranched alkanes of at least 4 members (excludes halogenated alkanes) is 1. The number of ketones is 1. The standard InChI is InChI=1S/C26H27F3N2O3/c1-4-5-13-30-23-12-7-6-11-21(23)25(33)34-16-24(32)22-14-17(2)31(18(22)3)20-10-8-9-19(15-20)26(27,28)29/h6-12,14-15,30H,4-5,13,16H2,1-3H3. The van der Waals surface area contributed by atoms with E-state index in [0.717, 1.165) is 25.0 Å². The van der Waals surface area contributed by atoms with Gasteiger partial charge in [-0.3, -0.25) is 4.79 Å². The van der Waals surface area contributed by atoms with Gasteiger partial charge in [-0.2, -0.15) is 13.2 Å². The van der Waals surface area contributed by atoms with Crippen LogP contribution in [-0.2, 0) is 10.9 Å². The smallest absolute Gasteiger partial charge is 0.416 e. The number of halogens is 3. The Bertz CT molecular complexity index is 1180. The lowest BCUT2D eigenvalue weighted by atomic mass is 10.1. The fraction of sp³-hybridized carbons (Fsp3) is 0.308. The van der Waals surface area contributed by atoms with Gasteiger partial charge < -0.3 is 14.6 Å². The topological polar surface area (TPSA) is 60.3 Å². The van der Waals surface area contributed by atoms with E-state index in [1.165, 1.54) is 6.07 Å². The number of Topliss-reactive ketones (excluding diaryl/α,β-unsaturated/α-hetero) is 1. The molecule has 0 fully saturated rings. The summed E-state index contributed by atoms with van der Waals surface area (Å²) in [4.78, 5) is 25.5. The van der Waals surface area contributed by atoms with Gasteiger partial charge in [0.25, 0.3) is 0 Å². The number of nitrogens with zero attached hydrogens (tertiary/aromatic N) is 1. The Balaban J connectivity index is 1.76. The number of ether oxygens (including phenoxy) is 1. The number of aromatic nitrogens is 1. The third-order valence-electron chi connectivity index (χ3n) is 5.49. The van der Waals surface area contributed by atoms with E-state index in [0.29, 0.717) is 34.9 Å². The molecule has 0 unspecified atom stereocenters. The number of hydrogen-bond donors (Lipinski definition) is 1. The molecule has 1 aromatic heterocycles. The van der Waals surface area contributed by atoms with Crippen LogP contribution >= 0.6 is 0 Å². The van der Waals surface area contributed by atoms with Gasteiger partial charge in [0.15, 0.2) is 6.61 Å². The number of benzene rings is 2. The zero-order valence-corrected chi connectivity index (χ0v) is 19.3. The molecule has 8 heteroatoms. The molecule has 0 spiro atoms. The molecule has 34 heavy (non-hydrogen) atoms. The van der Waals surface area contributed by atoms with Crippen LogP contribution < -0.4 is 5.32 Å². The van der Waals surface area contributed by atoms with Gasteiger partial charge >= 0.3 is 12.1 Å². The maximum atomic E-state index is 13.1. The number of esters is 1. The molecule has 5 nitrogen and oxygen atoms in total. The Morgan fingerprint density at radius 2 is 1.74 bits per heavy atom. The highest BCUT2D eigenvalue weighted by atomic mass is 19.4. The molecular weight excluding hydrogens is 445 g/mol. The van der Waals surface area contributed by atoms with Crippen molar-refractivity contribution in [2.45, 2.75) is 39.8 Å². The number of aryl methyl sites for hydroxylation is 1. The minimum atomic E-state index is -4.47. The number of anilines is 1. The van der Waals surface area contributed by atoms with Crippen LogP contribution in [0.4, 0.5) is 18.9 Å². The Kier molecular flexibility index (Phi) is 7.81. The number of nitrogens with one attached hydrogen (secondary N) is 1. The van der Waals surface area contributed by atoms with Gasteiger partial charge in [0.1, 0.15) is 0 Å². The first-order chi connectivity index (χ1) is 16.1. The molecule has 0 aliphatic heterocycles. The summed E-state index contributed by atoms with van der Waals surface area (Å²) in [6, 6.07) is 13.4. The van der Waals surface area contributed by atoms with Crippen molar-refractivity contribution in [3.63, 3.8) is 0 Å². The van der Waals surface area contributed by atoms with Crippen LogP contribution in [0.25, 0.3) is 5.69 Å². The number of alkyl halides is 3. The summed E-state index contributed by atoms with van der Waals surface area (Å²) in [5, 5.41) is 3.20. The van der Waals surface area contributed by atoms with Crippen molar-refractivity contribution in [2.75, 3.05) is 18.5 Å². The van der Waals surface area contributed by atoms with Crippen LogP contribution in [0.3, 0.4) is 0 Å². The Morgan fingerprint density at radius 3 is 2.44 bits per heavy atom. The van der Waals surface area contributed by atoms with Crippen molar-refractivity contribution >= 4 is 17.4 Å². The number of rotatable bonds is 9. The summed E-state index contributed by atoms with van der Waals surface area (Å²) in [7, 11) is 0. The average molecular weight is 473 g/mol. The molecule has 180 valence electrons. The van der Waals surface area contributed by atoms with Gasteiger partial charge in [-0.25, -0.2) is 4.79 Å². The van der Waals surface area contributed by atoms with Gasteiger partial charge in [0.05, 0.1) is 11.1 Å². The molecule has 0 amide bonds. The van der Waals surface area contributed by atoms with Crippen molar-refractivity contribution in [1.29, 1.82) is 0 Å². The van der Waals surface area contributed by atoms with Crippen molar-refractivity contribution in [3.8, 4) is 5.69 Å². The second-order valence-corrected chi connectivity index (χ2v) is 7.99. The minimum Gasteiger partial charge on any atom is -0.454 e. The van der Waals surface area contributed by atoms with Crippen LogP contribution in [0.15, 0.2) is 54.6 Å². The maximum Gasteiger partial charge on any atom is 0.416 e. The molecule has 0 atom stereocenters. The quantitative estimate of drug-likeness (QED) is 0.224. The summed E-state index contributed by atoms with van der Waals surface area (Å²) in [6.45, 7) is 5.65. The van der Waals surface area contributed by atoms with E-state index in [9.17, 15) is 22.8 Å². The SMILES string of the molecule is CCCCNc1ccccc1C(=O)OCC(=O)c1cc(C)n(-c2cccc(C(F)(F)F)c2)c1C. The Morgan fingerprint density at radius 1 is 1.00 bits per heavy atom. The summed E-state index contributed by atoms with van der Waals surface area (Å²) in [5.41, 5.74) is 1.85. The lowest BCUT2D eigenvalue weighted by Crippen LogP contribution is -2.16. The molecule has 0 saturated carbocycles. The summed E-state index contributed by atoms with van der Waals surface area (Å²) < 4.78 is 46.3. The molecule has 3 rings (SSSR count). The van der Waals surface area contributed by atoms with Gasteiger partial charge in [-0.05, 0) is 56.7 Å². The summed E-state index contributed by atoms with van der Waals surface area (Å²) >= 11 is 0. The molecule has 0 radical (unpaired) electrons. The summed E-state index contributed by atoms with van der Waals surface area (Å²) in [5.74, 6) is -1.06. The van der Waals surface area contributed by atoms with E-state index in [1.54, 1.807) is 54.8 Å². The lowest BCUT2D eigenvalue weighted by molar-refractivity contribution is -0.137. The largest absolute Gasteiger partial charge is 0.454 e. The van der Waals surface area contributed by atoms with Crippen LogP contribution in [0.1, 0.15) is 57.4 Å². The van der Waals surface area contributed by atoms with Crippen molar-refractivity contribution in [3.05, 3.63) is 82.7 Å². The van der Waals surface area contributed by atoms with Gasteiger partial charge in [0.2, 0.25) is 5.78 Å². The van der Waals surface area contributed by atoms with Crippen LogP contribution in [-0.4, -0.2) is 29.5 Å². The molecule has 3 aromatic rings. The normalized spacial score (nSPS) is 11.4. The summed E-state index contributed by atoms with van der Waals surface area (Å²) in [6.07, 6.45) is -2.52. The maximum absolute atomic E-state index is 13.1. The fourth-order valence-corrected chi connectivity index (χ4v) is 3.77. The predicted molar refractivity (Wildman–Crippen MR) is 125 cm³/mol. The zero-order chi connectivity index (χ0) is 24.9. The van der Waals surface area contributed by atoms with E-state index in [-0.39, 0.29) is 5.56 Å². The van der Waals surface area contributed by atoms with Crippen LogP contribution in [0.2, 0.25) is 0 Å². The third kappa shape index (κ3) is 5.68. The van der Waals surface area contributed by atoms with Gasteiger partial charge in [-0.15, -0.1) is 0 Å². The van der Waals surface area contributed by atoms with Crippen molar-refractivity contribution in [2.24, 2.45) is 0 Å². The van der Waals surface area contributed by atoms with E-state index in [2.05, 4.69) is 12.2 Å². The molecule has 1 heterocycles. The van der Waals surface area contributed by atoms with Crippen molar-refractivity contribution < 1.29 is 27.5 Å². The lowest BCUT2D eigenvalue weighted by Gasteiger charge is -2.13. The monoisotopic (exact) mass is 472 g/mol. The first kappa shape index (κ1) is 25.1. The second-order valence-electron chi connectivity index (χ2n) is 7.99. The average Bonchev–Trinajstić information content (AvgIpc) is 3.11. The highest BCUT2D eigenvalue weighted by Gasteiger charge is 2.31. The van der Waals surface area contributed by atoms with E-state index < -0.39 is 30.1 Å². The molecule has 0 aliphatic rings. The zero-order valence-electron chi connectivity index (χ0n) is 19.3. The number of hydrogen-bond acceptors (Lipinski definition) is 4. The van der Waals surface area contributed by atoms with E-state index in [1.807, 2.05) is 0 Å². The molecule has 1 N–H and O–H groups in total. The van der Waals surface area contributed by atoms with Crippen LogP contribution in [0.5, 0.6) is 0 Å². The number of carbonyl (C=O) groups excluding carboxylic acids is 2. The molecule has 2 aromatic carbocycles. The first-order valence-electron chi connectivity index (χ1n) is 11.0. The number of carbonyl (C=O) groups is 2. The first-order valence-corrected chi connectivity index (χ1v) is 11.0. The Hall–Kier alpha value is -3.55. The highest BCUT2D eigenvalue weighted by Crippen LogP contribution is 2.31. The van der Waals surface area contributed by atoms with Crippen molar-refractivity contribution in [1.82, 2.24) is 4.57 Å². The van der Waals surface area contributed by atoms with Crippen LogP contribution in [0, 0.1) is 13.8 Å². The second kappa shape index (κ2) is 10.6. The third-order valence-corrected chi connectivity index (χ3v) is 5.49. The number of para-hydroxylation sites is 1. The van der Waals surface area contributed by atoms with Gasteiger partial charge in [-0.1, -0.05) is 31.5 Å². The van der Waals surface area contributed by atoms with Gasteiger partial charge in [0, 0.05) is 34.9 Å².